The summed E-state index contributed by atoms with van der Waals surface area (Å²) < 4.78 is 5.91. The highest BCUT2D eigenvalue weighted by Crippen LogP contribution is 2.19. The second kappa shape index (κ2) is 9.00. The summed E-state index contributed by atoms with van der Waals surface area (Å²) in [7, 11) is 0. The summed E-state index contributed by atoms with van der Waals surface area (Å²) in [5.41, 5.74) is 5.18. The maximum absolute atomic E-state index is 11.9. The van der Waals surface area contributed by atoms with E-state index in [0.29, 0.717) is 46.5 Å². The summed E-state index contributed by atoms with van der Waals surface area (Å²) in [5.74, 6) is 0.979. The minimum absolute atomic E-state index is 0.0558. The average molecular weight is 383 g/mol. The monoisotopic (exact) mass is 383 g/mol. The third kappa shape index (κ3) is 5.57. The second-order valence-corrected chi connectivity index (χ2v) is 7.35. The van der Waals surface area contributed by atoms with Gasteiger partial charge in [-0.2, -0.15) is 0 Å². The summed E-state index contributed by atoms with van der Waals surface area (Å²) in [6, 6.07) is 1.62. The molecule has 1 fully saturated rings. The molecule has 3 amide bonds. The standard InChI is InChI=1S/C16H21N3O4S2/c1-10-8-12(11(2)23-10)15(22)18-17-13(20)6-4-3-5-7-19-14(21)9-25-16(19)24/h8H,3-7,9H2,1-2H3,(H,17,20)(H,18,22). The van der Waals surface area contributed by atoms with E-state index in [9.17, 15) is 14.4 Å². The maximum Gasteiger partial charge on any atom is 0.273 e. The molecule has 1 aromatic rings. The molecule has 0 atom stereocenters. The Labute approximate surface area is 155 Å². The number of aryl methyl sites for hydroxylation is 2. The molecule has 0 saturated carbocycles. The fourth-order valence-electron chi connectivity index (χ4n) is 2.44. The number of hydrogen-bond donors (Lipinski definition) is 2. The van der Waals surface area contributed by atoms with Crippen LogP contribution < -0.4 is 10.9 Å². The highest BCUT2D eigenvalue weighted by molar-refractivity contribution is 8.23. The minimum atomic E-state index is -0.402. The van der Waals surface area contributed by atoms with Crippen LogP contribution in [-0.4, -0.2) is 39.2 Å². The third-order valence-corrected chi connectivity index (χ3v) is 5.16. The van der Waals surface area contributed by atoms with Crippen LogP contribution in [0.3, 0.4) is 0 Å². The molecule has 0 aliphatic carbocycles. The lowest BCUT2D eigenvalue weighted by Gasteiger charge is -2.14. The number of carbonyl (C=O) groups excluding carboxylic acids is 3. The molecule has 7 nitrogen and oxygen atoms in total. The smallest absolute Gasteiger partial charge is 0.273 e. The van der Waals surface area contributed by atoms with E-state index in [0.717, 1.165) is 12.8 Å². The van der Waals surface area contributed by atoms with Crippen LogP contribution in [0.5, 0.6) is 0 Å². The molecule has 0 unspecified atom stereocenters. The lowest BCUT2D eigenvalue weighted by molar-refractivity contribution is -0.124. The number of rotatable bonds is 7. The average Bonchev–Trinajstić information content (AvgIpc) is 3.07. The summed E-state index contributed by atoms with van der Waals surface area (Å²) in [6.45, 7) is 4.05. The molecular formula is C16H21N3O4S2. The predicted octanol–water partition coefficient (Wildman–Crippen LogP) is 2.08. The molecule has 1 aliphatic heterocycles. The molecule has 1 saturated heterocycles. The van der Waals surface area contributed by atoms with Gasteiger partial charge < -0.3 is 4.42 Å². The van der Waals surface area contributed by atoms with Crippen LogP contribution in [0.4, 0.5) is 0 Å². The number of hydrogen-bond acceptors (Lipinski definition) is 6. The molecule has 1 aromatic heterocycles. The molecule has 0 bridgehead atoms. The van der Waals surface area contributed by atoms with E-state index in [4.69, 9.17) is 16.6 Å². The van der Waals surface area contributed by atoms with Gasteiger partial charge in [0.15, 0.2) is 0 Å². The number of thioether (sulfide) groups is 1. The molecule has 9 heteroatoms. The van der Waals surface area contributed by atoms with Gasteiger partial charge >= 0.3 is 0 Å². The van der Waals surface area contributed by atoms with E-state index in [1.165, 1.54) is 11.8 Å². The van der Waals surface area contributed by atoms with Gasteiger partial charge in [-0.3, -0.25) is 30.1 Å². The third-order valence-electron chi connectivity index (χ3n) is 3.73. The second-order valence-electron chi connectivity index (χ2n) is 5.74. The predicted molar refractivity (Wildman–Crippen MR) is 99.0 cm³/mol. The first-order chi connectivity index (χ1) is 11.9. The zero-order valence-electron chi connectivity index (χ0n) is 14.2. The lowest BCUT2D eigenvalue weighted by atomic mass is 10.2. The van der Waals surface area contributed by atoms with Crippen molar-refractivity contribution in [1.29, 1.82) is 0 Å². The Morgan fingerprint density at radius 2 is 2.04 bits per heavy atom. The van der Waals surface area contributed by atoms with Crippen LogP contribution in [-0.2, 0) is 9.59 Å². The molecule has 136 valence electrons. The molecule has 0 aromatic carbocycles. The van der Waals surface area contributed by atoms with Crippen molar-refractivity contribution in [2.45, 2.75) is 39.5 Å². The number of unbranched alkanes of at least 4 members (excludes halogenated alkanes) is 2. The van der Waals surface area contributed by atoms with Crippen LogP contribution in [0.2, 0.25) is 0 Å². The van der Waals surface area contributed by atoms with Gasteiger partial charge in [0.05, 0.1) is 11.3 Å². The van der Waals surface area contributed by atoms with Crippen molar-refractivity contribution in [3.63, 3.8) is 0 Å². The molecule has 2 rings (SSSR count). The van der Waals surface area contributed by atoms with Crippen LogP contribution in [0.25, 0.3) is 0 Å². The maximum atomic E-state index is 11.9. The zero-order valence-corrected chi connectivity index (χ0v) is 15.8. The quantitative estimate of drug-likeness (QED) is 0.426. The van der Waals surface area contributed by atoms with E-state index in [-0.39, 0.29) is 11.8 Å². The molecule has 0 radical (unpaired) electrons. The van der Waals surface area contributed by atoms with E-state index in [1.807, 2.05) is 0 Å². The van der Waals surface area contributed by atoms with Crippen molar-refractivity contribution in [1.82, 2.24) is 15.8 Å². The SMILES string of the molecule is Cc1cc(C(=O)NNC(=O)CCCCCN2C(=O)CSC2=S)c(C)o1. The number of nitrogens with one attached hydrogen (secondary N) is 2. The molecule has 25 heavy (non-hydrogen) atoms. The van der Waals surface area contributed by atoms with Gasteiger partial charge in [-0.15, -0.1) is 0 Å². The largest absolute Gasteiger partial charge is 0.466 e. The summed E-state index contributed by atoms with van der Waals surface area (Å²) in [4.78, 5) is 36.9. The number of thiocarbonyl (C=S) groups is 1. The topological polar surface area (TPSA) is 91.7 Å². The fourth-order valence-corrected chi connectivity index (χ4v) is 3.56. The van der Waals surface area contributed by atoms with Crippen molar-refractivity contribution >= 4 is 46.0 Å². The van der Waals surface area contributed by atoms with E-state index in [1.54, 1.807) is 24.8 Å². The van der Waals surface area contributed by atoms with Crippen molar-refractivity contribution in [3.8, 4) is 0 Å². The highest BCUT2D eigenvalue weighted by Gasteiger charge is 2.25. The van der Waals surface area contributed by atoms with Crippen LogP contribution in [0, 0.1) is 13.8 Å². The summed E-state index contributed by atoms with van der Waals surface area (Å²) in [6.07, 6.45) is 2.57. The summed E-state index contributed by atoms with van der Waals surface area (Å²) in [5, 5.41) is 0. The molecule has 1 aliphatic rings. The minimum Gasteiger partial charge on any atom is -0.466 e. The van der Waals surface area contributed by atoms with Gasteiger partial charge in [0.1, 0.15) is 15.8 Å². The first kappa shape index (κ1) is 19.5. The van der Waals surface area contributed by atoms with Crippen LogP contribution in [0.15, 0.2) is 10.5 Å². The number of carbonyl (C=O) groups is 3. The van der Waals surface area contributed by atoms with Crippen molar-refractivity contribution < 1.29 is 18.8 Å². The van der Waals surface area contributed by atoms with Gasteiger partial charge in [0, 0.05) is 13.0 Å². The van der Waals surface area contributed by atoms with Crippen LogP contribution in [0.1, 0.15) is 47.6 Å². The number of furan rings is 1. The lowest BCUT2D eigenvalue weighted by Crippen LogP contribution is -2.41. The number of hydrazine groups is 1. The Kier molecular flexibility index (Phi) is 7.01. The summed E-state index contributed by atoms with van der Waals surface area (Å²) >= 11 is 6.49. The Hall–Kier alpha value is -1.87. The first-order valence-electron chi connectivity index (χ1n) is 8.02. The van der Waals surface area contributed by atoms with Gasteiger partial charge in [0.25, 0.3) is 5.91 Å². The number of amides is 3. The number of nitrogens with zero attached hydrogens (tertiary/aromatic N) is 1. The molecular weight excluding hydrogens is 362 g/mol. The van der Waals surface area contributed by atoms with Crippen molar-refractivity contribution in [3.05, 3.63) is 23.2 Å². The van der Waals surface area contributed by atoms with Gasteiger partial charge in [-0.25, -0.2) is 0 Å². The Morgan fingerprint density at radius 3 is 2.64 bits per heavy atom. The molecule has 2 N–H and O–H groups in total. The highest BCUT2D eigenvalue weighted by atomic mass is 32.2. The fraction of sp³-hybridized carbons (Fsp3) is 0.500. The van der Waals surface area contributed by atoms with E-state index >= 15 is 0 Å². The van der Waals surface area contributed by atoms with Gasteiger partial charge in [-0.1, -0.05) is 30.4 Å². The van der Waals surface area contributed by atoms with Crippen LogP contribution >= 0.6 is 24.0 Å². The van der Waals surface area contributed by atoms with Gasteiger partial charge in [0.2, 0.25) is 11.8 Å². The van der Waals surface area contributed by atoms with Gasteiger partial charge in [-0.05, 0) is 32.8 Å². The van der Waals surface area contributed by atoms with Crippen molar-refractivity contribution in [2.75, 3.05) is 12.3 Å². The zero-order chi connectivity index (χ0) is 18.4. The Balaban J connectivity index is 1.59. The van der Waals surface area contributed by atoms with Crippen molar-refractivity contribution in [2.24, 2.45) is 0 Å². The Morgan fingerprint density at radius 1 is 1.28 bits per heavy atom. The molecule has 2 heterocycles. The Bertz CT molecular complexity index is 671. The van der Waals surface area contributed by atoms with E-state index in [2.05, 4.69) is 10.9 Å². The normalized spacial score (nSPS) is 14.1. The van der Waals surface area contributed by atoms with E-state index < -0.39 is 5.91 Å². The molecule has 0 spiro atoms. The first-order valence-corrected chi connectivity index (χ1v) is 9.41.